The third-order valence-electron chi connectivity index (χ3n) is 1.22. The molecule has 0 amide bonds. The highest BCUT2D eigenvalue weighted by atomic mass is 35.5. The Bertz CT molecular complexity index is 363. The predicted octanol–water partition coefficient (Wildman–Crippen LogP) is 2.49. The summed E-state index contributed by atoms with van der Waals surface area (Å²) in [6.45, 7) is 0. The van der Waals surface area contributed by atoms with Gasteiger partial charge in [-0.25, -0.2) is 9.78 Å². The highest BCUT2D eigenvalue weighted by molar-refractivity contribution is 6.41. The van der Waals surface area contributed by atoms with Crippen molar-refractivity contribution in [2.24, 2.45) is 0 Å². The van der Waals surface area contributed by atoms with E-state index in [0.717, 1.165) is 6.08 Å². The summed E-state index contributed by atoms with van der Waals surface area (Å²) in [6, 6.07) is 3.13. The number of rotatable bonds is 2. The quantitative estimate of drug-likeness (QED) is 0.612. The smallest absolute Gasteiger partial charge is 0.328 e. The number of nitrogens with zero attached hydrogens (tertiary/aromatic N) is 1. The van der Waals surface area contributed by atoms with Crippen LogP contribution in [-0.2, 0) is 4.79 Å². The van der Waals surface area contributed by atoms with E-state index in [9.17, 15) is 4.79 Å². The summed E-state index contributed by atoms with van der Waals surface area (Å²) in [5.74, 6) is -1.03. The maximum atomic E-state index is 10.2. The molecule has 0 saturated carbocycles. The van der Waals surface area contributed by atoms with Crippen molar-refractivity contribution < 1.29 is 9.90 Å². The Labute approximate surface area is 84.6 Å². The van der Waals surface area contributed by atoms with Crippen LogP contribution in [0.25, 0.3) is 6.08 Å². The molecule has 0 atom stereocenters. The van der Waals surface area contributed by atoms with Gasteiger partial charge in [-0.2, -0.15) is 0 Å². The first-order chi connectivity index (χ1) is 6.09. The van der Waals surface area contributed by atoms with Crippen molar-refractivity contribution in [1.82, 2.24) is 4.98 Å². The largest absolute Gasteiger partial charge is 0.478 e. The highest BCUT2D eigenvalue weighted by Crippen LogP contribution is 2.19. The second-order valence-corrected chi connectivity index (χ2v) is 2.95. The molecule has 0 aliphatic carbocycles. The predicted molar refractivity (Wildman–Crippen MR) is 50.9 cm³/mol. The number of carboxylic acid groups (broad SMARTS) is 1. The Kier molecular flexibility index (Phi) is 3.28. The van der Waals surface area contributed by atoms with Gasteiger partial charge < -0.3 is 5.11 Å². The summed E-state index contributed by atoms with van der Waals surface area (Å²) in [6.07, 6.45) is 2.32. The molecule has 0 spiro atoms. The molecule has 1 aromatic heterocycles. The molecule has 0 aromatic carbocycles. The highest BCUT2D eigenvalue weighted by Gasteiger charge is 1.98. The van der Waals surface area contributed by atoms with Crippen LogP contribution in [0.4, 0.5) is 0 Å². The number of hydrogen-bond acceptors (Lipinski definition) is 2. The topological polar surface area (TPSA) is 50.2 Å². The molecule has 13 heavy (non-hydrogen) atoms. The molecule has 1 heterocycles. The number of aliphatic carboxylic acids is 1. The summed E-state index contributed by atoms with van der Waals surface area (Å²) >= 11 is 11.2. The number of carbonyl (C=O) groups is 1. The molecule has 0 aliphatic heterocycles. The Hall–Kier alpha value is -1.06. The molecule has 1 N–H and O–H groups in total. The average molecular weight is 218 g/mol. The standard InChI is InChI=1S/C8H5Cl2NO2/c9-6-3-1-5(11-8(6)10)2-4-7(12)13/h1-4H,(H,12,13). The third-order valence-corrected chi connectivity index (χ3v) is 1.91. The number of carboxylic acids is 1. The summed E-state index contributed by atoms with van der Waals surface area (Å²) in [5, 5.41) is 8.83. The number of aromatic nitrogens is 1. The van der Waals surface area contributed by atoms with Gasteiger partial charge in [0.2, 0.25) is 0 Å². The van der Waals surface area contributed by atoms with Crippen LogP contribution in [0.3, 0.4) is 0 Å². The molecule has 1 aromatic rings. The molecule has 5 heteroatoms. The zero-order chi connectivity index (χ0) is 9.84. The van der Waals surface area contributed by atoms with Crippen LogP contribution >= 0.6 is 23.2 Å². The fourth-order valence-corrected chi connectivity index (χ4v) is 0.947. The minimum Gasteiger partial charge on any atom is -0.478 e. The van der Waals surface area contributed by atoms with Gasteiger partial charge in [0.1, 0.15) is 5.15 Å². The number of pyridine rings is 1. The maximum absolute atomic E-state index is 10.2. The maximum Gasteiger partial charge on any atom is 0.328 e. The van der Waals surface area contributed by atoms with Gasteiger partial charge in [0.15, 0.2) is 0 Å². The fourth-order valence-electron chi connectivity index (χ4n) is 0.681. The van der Waals surface area contributed by atoms with Gasteiger partial charge in [-0.05, 0) is 18.2 Å². The summed E-state index contributed by atoms with van der Waals surface area (Å²) < 4.78 is 0. The molecule has 68 valence electrons. The minimum atomic E-state index is -1.03. The van der Waals surface area contributed by atoms with E-state index in [-0.39, 0.29) is 5.15 Å². The van der Waals surface area contributed by atoms with E-state index in [4.69, 9.17) is 28.3 Å². The molecule has 0 saturated heterocycles. The number of hydrogen-bond donors (Lipinski definition) is 1. The SMILES string of the molecule is O=C(O)C=Cc1ccc(Cl)c(Cl)n1. The molecule has 3 nitrogen and oxygen atoms in total. The average Bonchev–Trinajstić information content (AvgIpc) is 2.07. The molecular weight excluding hydrogens is 213 g/mol. The van der Waals surface area contributed by atoms with Crippen LogP contribution in [0.1, 0.15) is 5.69 Å². The van der Waals surface area contributed by atoms with Gasteiger partial charge in [-0.1, -0.05) is 23.2 Å². The second kappa shape index (κ2) is 4.25. The lowest BCUT2D eigenvalue weighted by molar-refractivity contribution is -0.131. The fraction of sp³-hybridized carbons (Fsp3) is 0. The first kappa shape index (κ1) is 10.0. The van der Waals surface area contributed by atoms with Crippen LogP contribution in [0.2, 0.25) is 10.2 Å². The van der Waals surface area contributed by atoms with E-state index >= 15 is 0 Å². The van der Waals surface area contributed by atoms with Crippen molar-refractivity contribution in [3.8, 4) is 0 Å². The normalized spacial score (nSPS) is 10.6. The molecule has 0 fully saturated rings. The lowest BCUT2D eigenvalue weighted by atomic mass is 10.3. The molecule has 1 rings (SSSR count). The summed E-state index contributed by atoms with van der Waals surface area (Å²) in [7, 11) is 0. The number of halogens is 2. The van der Waals surface area contributed by atoms with Crippen LogP contribution in [0.5, 0.6) is 0 Å². The van der Waals surface area contributed by atoms with E-state index < -0.39 is 5.97 Å². The molecule has 0 radical (unpaired) electrons. The van der Waals surface area contributed by atoms with E-state index in [1.54, 1.807) is 12.1 Å². The first-order valence-electron chi connectivity index (χ1n) is 3.32. The summed E-state index contributed by atoms with van der Waals surface area (Å²) in [5.41, 5.74) is 0.455. The van der Waals surface area contributed by atoms with Gasteiger partial charge in [-0.15, -0.1) is 0 Å². The van der Waals surface area contributed by atoms with E-state index in [1.165, 1.54) is 6.08 Å². The van der Waals surface area contributed by atoms with Crippen molar-refractivity contribution in [3.63, 3.8) is 0 Å². The molecule has 0 unspecified atom stereocenters. The zero-order valence-corrected chi connectivity index (χ0v) is 7.88. The molecular formula is C8H5Cl2NO2. The Morgan fingerprint density at radius 1 is 1.46 bits per heavy atom. The van der Waals surface area contributed by atoms with Crippen molar-refractivity contribution in [1.29, 1.82) is 0 Å². The Balaban J connectivity index is 2.92. The third kappa shape index (κ3) is 3.05. The minimum absolute atomic E-state index is 0.161. The first-order valence-corrected chi connectivity index (χ1v) is 4.08. The van der Waals surface area contributed by atoms with Crippen molar-refractivity contribution in [2.75, 3.05) is 0 Å². The zero-order valence-electron chi connectivity index (χ0n) is 6.37. The van der Waals surface area contributed by atoms with Crippen LogP contribution < -0.4 is 0 Å². The van der Waals surface area contributed by atoms with E-state index in [1.807, 2.05) is 0 Å². The summed E-state index contributed by atoms with van der Waals surface area (Å²) in [4.78, 5) is 14.0. The van der Waals surface area contributed by atoms with E-state index in [2.05, 4.69) is 4.98 Å². The Morgan fingerprint density at radius 2 is 2.15 bits per heavy atom. The lowest BCUT2D eigenvalue weighted by Gasteiger charge is -1.95. The van der Waals surface area contributed by atoms with Crippen LogP contribution in [0, 0.1) is 0 Å². The second-order valence-electron chi connectivity index (χ2n) is 2.18. The van der Waals surface area contributed by atoms with Gasteiger partial charge in [-0.3, -0.25) is 0 Å². The van der Waals surface area contributed by atoms with Crippen LogP contribution in [0.15, 0.2) is 18.2 Å². The monoisotopic (exact) mass is 217 g/mol. The van der Waals surface area contributed by atoms with Crippen molar-refractivity contribution in [3.05, 3.63) is 34.1 Å². The van der Waals surface area contributed by atoms with Gasteiger partial charge in [0.25, 0.3) is 0 Å². The Morgan fingerprint density at radius 3 is 2.69 bits per heavy atom. The van der Waals surface area contributed by atoms with Gasteiger partial charge in [0.05, 0.1) is 10.7 Å². The lowest BCUT2D eigenvalue weighted by Crippen LogP contribution is -1.87. The molecule has 0 aliphatic rings. The van der Waals surface area contributed by atoms with Crippen molar-refractivity contribution in [2.45, 2.75) is 0 Å². The van der Waals surface area contributed by atoms with Crippen molar-refractivity contribution >= 4 is 35.2 Å². The van der Waals surface area contributed by atoms with Gasteiger partial charge in [0, 0.05) is 6.08 Å². The van der Waals surface area contributed by atoms with Crippen LogP contribution in [-0.4, -0.2) is 16.1 Å². The molecule has 0 bridgehead atoms. The van der Waals surface area contributed by atoms with Gasteiger partial charge >= 0.3 is 5.97 Å². The van der Waals surface area contributed by atoms with E-state index in [0.29, 0.717) is 10.7 Å².